The fourth-order valence-electron chi connectivity index (χ4n) is 3.90. The van der Waals surface area contributed by atoms with E-state index < -0.39 is 0 Å². The monoisotopic (exact) mass is 550 g/mol. The normalized spacial score (nSPS) is 16.4. The highest BCUT2D eigenvalue weighted by Gasteiger charge is 2.16. The van der Waals surface area contributed by atoms with Gasteiger partial charge in [0.05, 0.1) is 18.0 Å². The molecule has 0 aliphatic carbocycles. The quantitative estimate of drug-likeness (QED) is 0.435. The topological polar surface area (TPSA) is 71.2 Å². The molecule has 2 N–H and O–H groups in total. The van der Waals surface area contributed by atoms with Crippen LogP contribution in [0.15, 0.2) is 47.3 Å². The van der Waals surface area contributed by atoms with Crippen molar-refractivity contribution >= 4 is 51.0 Å². The van der Waals surface area contributed by atoms with Crippen LogP contribution < -0.4 is 10.7 Å². The lowest BCUT2D eigenvalue weighted by molar-refractivity contribution is -0.120. The summed E-state index contributed by atoms with van der Waals surface area (Å²) in [6, 6.07) is 12.9. The van der Waals surface area contributed by atoms with E-state index in [9.17, 15) is 9.59 Å². The molecular formula is C24H24ClIN2O3. The third kappa shape index (κ3) is 5.87. The molecule has 0 saturated carbocycles. The first-order valence-electron chi connectivity index (χ1n) is 10.4. The zero-order valence-corrected chi connectivity index (χ0v) is 20.0. The molecule has 0 radical (unpaired) electrons. The van der Waals surface area contributed by atoms with Gasteiger partial charge in [-0.25, -0.2) is 0 Å². The summed E-state index contributed by atoms with van der Waals surface area (Å²) in [5.74, 6) is -0.147. The molecule has 1 fully saturated rings. The van der Waals surface area contributed by atoms with E-state index >= 15 is 0 Å². The molecule has 1 saturated heterocycles. The number of carbonyl (C=O) groups is 1. The second kappa shape index (κ2) is 10.1. The fraction of sp³-hybridized carbons (Fsp3) is 0.333. The number of fused-ring (bicyclic) bond motifs is 1. The summed E-state index contributed by atoms with van der Waals surface area (Å²) in [5.41, 5.74) is 3.39. The molecule has 2 aromatic carbocycles. The van der Waals surface area contributed by atoms with E-state index in [1.165, 1.54) is 12.5 Å². The molecule has 1 atom stereocenters. The van der Waals surface area contributed by atoms with Crippen LogP contribution in [0, 0.1) is 3.57 Å². The largest absolute Gasteiger partial charge is 0.378 e. The Morgan fingerprint density at radius 1 is 1.16 bits per heavy atom. The van der Waals surface area contributed by atoms with Crippen LogP contribution in [0.4, 0.5) is 0 Å². The average Bonchev–Trinajstić information content (AvgIpc) is 2.75. The number of carbonyl (C=O) groups excluding carboxylic acids is 1. The van der Waals surface area contributed by atoms with Gasteiger partial charge in [0.15, 0.2) is 5.43 Å². The standard InChI is InChI=1S/C24H24ClIN2O3/c25-17-6-4-15(5-7-17)14-27-23(30)13-18-12-22(29)20-10-16(11-21(26)24(20)28-18)9-19-3-1-2-8-31-19/h4-7,10-12,19H,1-3,8-9,13-14H2,(H,27,30)(H,28,29). The Morgan fingerprint density at radius 2 is 1.97 bits per heavy atom. The van der Waals surface area contributed by atoms with Crippen LogP contribution >= 0.6 is 34.2 Å². The summed E-state index contributed by atoms with van der Waals surface area (Å²) in [6.45, 7) is 1.23. The summed E-state index contributed by atoms with van der Waals surface area (Å²) in [7, 11) is 0. The number of nitrogens with one attached hydrogen (secondary N) is 2. The van der Waals surface area contributed by atoms with Gasteiger partial charge in [-0.3, -0.25) is 9.59 Å². The van der Waals surface area contributed by atoms with Crippen LogP contribution in [0.5, 0.6) is 0 Å². The molecule has 1 aliphatic heterocycles. The highest BCUT2D eigenvalue weighted by atomic mass is 127. The Labute approximate surface area is 199 Å². The van der Waals surface area contributed by atoms with Crippen molar-refractivity contribution in [1.29, 1.82) is 0 Å². The number of benzene rings is 2. The average molecular weight is 551 g/mol. The first kappa shape index (κ1) is 22.3. The van der Waals surface area contributed by atoms with E-state index in [1.807, 2.05) is 18.2 Å². The number of halogens is 2. The molecule has 5 nitrogen and oxygen atoms in total. The van der Waals surface area contributed by atoms with Crippen molar-refractivity contribution in [3.63, 3.8) is 0 Å². The van der Waals surface area contributed by atoms with Crippen LogP contribution in [0.2, 0.25) is 5.02 Å². The van der Waals surface area contributed by atoms with E-state index in [4.69, 9.17) is 16.3 Å². The predicted octanol–water partition coefficient (Wildman–Crippen LogP) is 4.76. The van der Waals surface area contributed by atoms with Crippen molar-refractivity contribution in [1.82, 2.24) is 10.3 Å². The van der Waals surface area contributed by atoms with Gasteiger partial charge in [-0.2, -0.15) is 0 Å². The molecule has 4 rings (SSSR count). The number of aromatic nitrogens is 1. The van der Waals surface area contributed by atoms with Crippen molar-refractivity contribution in [2.75, 3.05) is 6.61 Å². The lowest BCUT2D eigenvalue weighted by Gasteiger charge is -2.22. The second-order valence-electron chi connectivity index (χ2n) is 7.93. The van der Waals surface area contributed by atoms with Gasteiger partial charge in [0.1, 0.15) is 0 Å². The summed E-state index contributed by atoms with van der Waals surface area (Å²) in [6.07, 6.45) is 4.55. The summed E-state index contributed by atoms with van der Waals surface area (Å²) in [4.78, 5) is 28.5. The van der Waals surface area contributed by atoms with Crippen molar-refractivity contribution < 1.29 is 9.53 Å². The number of pyridine rings is 1. The van der Waals surface area contributed by atoms with Gasteiger partial charge in [-0.05, 0) is 83.7 Å². The second-order valence-corrected chi connectivity index (χ2v) is 9.53. The maximum atomic E-state index is 12.8. The van der Waals surface area contributed by atoms with Gasteiger partial charge in [0, 0.05) is 38.9 Å². The molecule has 1 aromatic heterocycles. The molecule has 7 heteroatoms. The fourth-order valence-corrected chi connectivity index (χ4v) is 4.85. The minimum Gasteiger partial charge on any atom is -0.378 e. The highest BCUT2D eigenvalue weighted by molar-refractivity contribution is 14.1. The minimum absolute atomic E-state index is 0.0708. The summed E-state index contributed by atoms with van der Waals surface area (Å²) < 4.78 is 6.82. The van der Waals surface area contributed by atoms with Gasteiger partial charge < -0.3 is 15.0 Å². The first-order chi connectivity index (χ1) is 15.0. The number of rotatable bonds is 6. The van der Waals surface area contributed by atoms with Crippen LogP contribution in [0.3, 0.4) is 0 Å². The van der Waals surface area contributed by atoms with Gasteiger partial charge in [-0.15, -0.1) is 0 Å². The number of H-pyrrole nitrogens is 1. The molecule has 162 valence electrons. The van der Waals surface area contributed by atoms with Gasteiger partial charge in [0.2, 0.25) is 5.91 Å². The van der Waals surface area contributed by atoms with Crippen LogP contribution in [0.25, 0.3) is 10.9 Å². The van der Waals surface area contributed by atoms with E-state index in [-0.39, 0.29) is 23.9 Å². The van der Waals surface area contributed by atoms with Crippen molar-refractivity contribution in [2.45, 2.75) is 44.8 Å². The van der Waals surface area contributed by atoms with Crippen molar-refractivity contribution in [3.05, 3.63) is 78.1 Å². The first-order valence-corrected chi connectivity index (χ1v) is 11.9. The number of amides is 1. The molecule has 31 heavy (non-hydrogen) atoms. The lowest BCUT2D eigenvalue weighted by atomic mass is 10.00. The Hall–Kier alpha value is -1.90. The lowest BCUT2D eigenvalue weighted by Crippen LogP contribution is -2.25. The Kier molecular flexibility index (Phi) is 7.30. The number of aromatic amines is 1. The van der Waals surface area contributed by atoms with Gasteiger partial charge in [-0.1, -0.05) is 23.7 Å². The van der Waals surface area contributed by atoms with Crippen molar-refractivity contribution in [2.24, 2.45) is 0 Å². The van der Waals surface area contributed by atoms with E-state index in [1.54, 1.807) is 12.1 Å². The van der Waals surface area contributed by atoms with Crippen molar-refractivity contribution in [3.8, 4) is 0 Å². The highest BCUT2D eigenvalue weighted by Crippen LogP contribution is 2.23. The molecule has 1 aliphatic rings. The zero-order valence-electron chi connectivity index (χ0n) is 17.0. The molecule has 1 unspecified atom stereocenters. The Morgan fingerprint density at radius 3 is 2.71 bits per heavy atom. The minimum atomic E-state index is -0.147. The number of hydrogen-bond acceptors (Lipinski definition) is 3. The van der Waals surface area contributed by atoms with Gasteiger partial charge in [0.25, 0.3) is 0 Å². The smallest absolute Gasteiger partial charge is 0.226 e. The zero-order chi connectivity index (χ0) is 21.8. The van der Waals surface area contributed by atoms with Crippen LogP contribution in [-0.2, 0) is 28.9 Å². The van der Waals surface area contributed by atoms with Gasteiger partial charge >= 0.3 is 0 Å². The van der Waals surface area contributed by atoms with E-state index in [0.29, 0.717) is 22.6 Å². The number of hydrogen-bond donors (Lipinski definition) is 2. The molecular weight excluding hydrogens is 527 g/mol. The Balaban J connectivity index is 1.47. The maximum absolute atomic E-state index is 12.8. The van der Waals surface area contributed by atoms with E-state index in [0.717, 1.165) is 46.1 Å². The summed E-state index contributed by atoms with van der Waals surface area (Å²) in [5, 5.41) is 4.20. The third-order valence-corrected chi connectivity index (χ3v) is 6.60. The molecule has 1 amide bonds. The maximum Gasteiger partial charge on any atom is 0.226 e. The number of ether oxygens (including phenoxy) is 1. The summed E-state index contributed by atoms with van der Waals surface area (Å²) >= 11 is 8.14. The molecule has 2 heterocycles. The van der Waals surface area contributed by atoms with E-state index in [2.05, 4.69) is 39.0 Å². The molecule has 0 spiro atoms. The Bertz CT molecular complexity index is 1140. The predicted molar refractivity (Wildman–Crippen MR) is 132 cm³/mol. The van der Waals surface area contributed by atoms with Crippen LogP contribution in [-0.4, -0.2) is 23.6 Å². The molecule has 3 aromatic rings. The SMILES string of the molecule is O=C(Cc1cc(=O)c2cc(CC3CCCCO3)cc(I)c2[nH]1)NCc1ccc(Cl)cc1. The molecule has 0 bridgehead atoms. The third-order valence-electron chi connectivity index (χ3n) is 5.50. The van der Waals surface area contributed by atoms with Crippen LogP contribution in [0.1, 0.15) is 36.1 Å².